The summed E-state index contributed by atoms with van der Waals surface area (Å²) in [7, 11) is 0. The molecule has 1 saturated heterocycles. The Kier molecular flexibility index (Phi) is 24.8. The van der Waals surface area contributed by atoms with Gasteiger partial charge in [0, 0.05) is 6.42 Å². The molecule has 9 nitrogen and oxygen atoms in total. The molecule has 0 aliphatic carbocycles. The summed E-state index contributed by atoms with van der Waals surface area (Å²) in [6.07, 6.45) is 21.0. The lowest BCUT2D eigenvalue weighted by molar-refractivity contribution is -0.302. The van der Waals surface area contributed by atoms with Crippen LogP contribution in [0.2, 0.25) is 0 Å². The Morgan fingerprint density at radius 3 is 1.89 bits per heavy atom. The standard InChI is InChI=1S/C35H65NO8/c1-3-5-7-9-11-13-14-15-17-19-21-23-25-31(39)36-28(29(38)24-22-20-18-16-12-10-8-6-4-2)27-43-35-34(42)33(41)32(40)30(26-37)44-35/h18,20,22,24,28-30,32-35,37-38,40-42H,3-17,19,21,23,25-27H2,1-2H3,(H,36,39)/b20-18+,24-22+/t28-,29+,30+,32+,33?,34?,35+/m0/s1. The van der Waals surface area contributed by atoms with Gasteiger partial charge in [-0.2, -0.15) is 0 Å². The molecule has 1 heterocycles. The van der Waals surface area contributed by atoms with E-state index in [0.29, 0.717) is 6.42 Å². The van der Waals surface area contributed by atoms with E-state index >= 15 is 0 Å². The van der Waals surface area contributed by atoms with Crippen molar-refractivity contribution in [1.29, 1.82) is 0 Å². The van der Waals surface area contributed by atoms with Crippen molar-refractivity contribution in [3.8, 4) is 0 Å². The zero-order chi connectivity index (χ0) is 32.4. The average Bonchev–Trinajstić information content (AvgIpc) is 3.02. The Balaban J connectivity index is 2.52. The minimum Gasteiger partial charge on any atom is -0.394 e. The molecule has 1 fully saturated rings. The number of aliphatic hydroxyl groups is 5. The molecule has 9 heteroatoms. The Morgan fingerprint density at radius 1 is 0.773 bits per heavy atom. The lowest BCUT2D eigenvalue weighted by atomic mass is 9.99. The highest BCUT2D eigenvalue weighted by atomic mass is 16.7. The third kappa shape index (κ3) is 18.6. The van der Waals surface area contributed by atoms with Crippen LogP contribution in [0, 0.1) is 0 Å². The summed E-state index contributed by atoms with van der Waals surface area (Å²) >= 11 is 0. The van der Waals surface area contributed by atoms with Gasteiger partial charge in [0.25, 0.3) is 0 Å². The van der Waals surface area contributed by atoms with E-state index in [9.17, 15) is 30.3 Å². The summed E-state index contributed by atoms with van der Waals surface area (Å²) in [6, 6.07) is -0.828. The van der Waals surface area contributed by atoms with Crippen LogP contribution < -0.4 is 5.32 Å². The van der Waals surface area contributed by atoms with E-state index in [-0.39, 0.29) is 12.5 Å². The lowest BCUT2D eigenvalue weighted by Crippen LogP contribution is -2.60. The fourth-order valence-electron chi connectivity index (χ4n) is 5.39. The maximum Gasteiger partial charge on any atom is 0.220 e. The minimum atomic E-state index is -1.57. The second-order valence-electron chi connectivity index (χ2n) is 12.4. The minimum absolute atomic E-state index is 0.199. The van der Waals surface area contributed by atoms with Gasteiger partial charge in [0.05, 0.1) is 25.4 Å². The lowest BCUT2D eigenvalue weighted by Gasteiger charge is -2.40. The number of unbranched alkanes of at least 4 members (excludes halogenated alkanes) is 16. The molecule has 258 valence electrons. The van der Waals surface area contributed by atoms with Crippen molar-refractivity contribution in [3.05, 3.63) is 24.3 Å². The summed E-state index contributed by atoms with van der Waals surface area (Å²) < 4.78 is 11.1. The summed E-state index contributed by atoms with van der Waals surface area (Å²) in [6.45, 7) is 3.65. The normalized spacial score (nSPS) is 23.8. The molecule has 6 N–H and O–H groups in total. The maximum absolute atomic E-state index is 12.8. The van der Waals surface area contributed by atoms with Crippen LogP contribution in [0.15, 0.2) is 24.3 Å². The monoisotopic (exact) mass is 627 g/mol. The van der Waals surface area contributed by atoms with Crippen molar-refractivity contribution in [1.82, 2.24) is 5.32 Å². The first-order valence-electron chi connectivity index (χ1n) is 17.6. The Hall–Kier alpha value is -1.33. The van der Waals surface area contributed by atoms with E-state index in [1.807, 2.05) is 6.08 Å². The topological polar surface area (TPSA) is 149 Å². The van der Waals surface area contributed by atoms with E-state index in [2.05, 4.69) is 25.2 Å². The molecule has 44 heavy (non-hydrogen) atoms. The SMILES string of the molecule is CCCCCCC/C=C/C=C/[C@@H](O)[C@H](CO[C@@H]1O[C@H](CO)[C@@H](O)C(O)C1O)NC(=O)CCCCCCCCCCCCCC. The fourth-order valence-corrected chi connectivity index (χ4v) is 5.39. The van der Waals surface area contributed by atoms with Gasteiger partial charge in [0.15, 0.2) is 6.29 Å². The van der Waals surface area contributed by atoms with E-state index in [0.717, 1.165) is 32.1 Å². The number of carbonyl (C=O) groups excluding carboxylic acids is 1. The summed E-state index contributed by atoms with van der Waals surface area (Å²) in [5.74, 6) is -0.199. The van der Waals surface area contributed by atoms with Crippen LogP contribution in [0.1, 0.15) is 136 Å². The van der Waals surface area contributed by atoms with Crippen LogP contribution in [0.25, 0.3) is 0 Å². The van der Waals surface area contributed by atoms with Crippen LogP contribution in [0.3, 0.4) is 0 Å². The van der Waals surface area contributed by atoms with E-state index < -0.39 is 49.5 Å². The highest BCUT2D eigenvalue weighted by molar-refractivity contribution is 5.76. The maximum atomic E-state index is 12.8. The number of aliphatic hydroxyl groups excluding tert-OH is 5. The molecule has 0 saturated carbocycles. The first kappa shape index (κ1) is 40.7. The van der Waals surface area contributed by atoms with Gasteiger partial charge < -0.3 is 40.3 Å². The first-order valence-corrected chi connectivity index (χ1v) is 17.6. The van der Waals surface area contributed by atoms with E-state index in [4.69, 9.17) is 9.47 Å². The molecule has 7 atom stereocenters. The van der Waals surface area contributed by atoms with Crippen molar-refractivity contribution in [2.24, 2.45) is 0 Å². The second-order valence-corrected chi connectivity index (χ2v) is 12.4. The molecular formula is C35H65NO8. The molecule has 0 spiro atoms. The van der Waals surface area contributed by atoms with Crippen LogP contribution in [-0.4, -0.2) is 87.5 Å². The fraction of sp³-hybridized carbons (Fsp3) is 0.857. The third-order valence-corrected chi connectivity index (χ3v) is 8.33. The summed E-state index contributed by atoms with van der Waals surface area (Å²) in [5.41, 5.74) is 0. The van der Waals surface area contributed by atoms with Gasteiger partial charge in [-0.25, -0.2) is 0 Å². The number of hydrogen-bond donors (Lipinski definition) is 6. The third-order valence-electron chi connectivity index (χ3n) is 8.33. The highest BCUT2D eigenvalue weighted by Crippen LogP contribution is 2.22. The smallest absolute Gasteiger partial charge is 0.220 e. The quantitative estimate of drug-likeness (QED) is 0.0537. The predicted octanol–water partition coefficient (Wildman–Crippen LogP) is 5.21. The summed E-state index contributed by atoms with van der Waals surface area (Å²) in [4.78, 5) is 12.8. The molecule has 1 amide bonds. The Morgan fingerprint density at radius 2 is 1.32 bits per heavy atom. The number of ether oxygens (including phenoxy) is 2. The van der Waals surface area contributed by atoms with Gasteiger partial charge in [-0.15, -0.1) is 0 Å². The van der Waals surface area contributed by atoms with Crippen molar-refractivity contribution in [2.75, 3.05) is 13.2 Å². The predicted molar refractivity (Wildman–Crippen MR) is 175 cm³/mol. The average molecular weight is 628 g/mol. The van der Waals surface area contributed by atoms with Crippen LogP contribution in [-0.2, 0) is 14.3 Å². The van der Waals surface area contributed by atoms with Gasteiger partial charge in [-0.3, -0.25) is 4.79 Å². The number of rotatable bonds is 27. The molecular weight excluding hydrogens is 562 g/mol. The zero-order valence-electron chi connectivity index (χ0n) is 27.7. The number of allylic oxidation sites excluding steroid dienone is 3. The Bertz CT molecular complexity index is 746. The molecule has 0 aromatic rings. The van der Waals surface area contributed by atoms with Crippen molar-refractivity contribution in [3.63, 3.8) is 0 Å². The molecule has 0 radical (unpaired) electrons. The van der Waals surface area contributed by atoms with Crippen molar-refractivity contribution in [2.45, 2.75) is 179 Å². The molecule has 0 aromatic carbocycles. The van der Waals surface area contributed by atoms with Gasteiger partial charge in [0.1, 0.15) is 24.4 Å². The molecule has 1 aliphatic heterocycles. The van der Waals surface area contributed by atoms with Crippen LogP contribution in [0.4, 0.5) is 0 Å². The van der Waals surface area contributed by atoms with Gasteiger partial charge in [-0.1, -0.05) is 134 Å². The van der Waals surface area contributed by atoms with Crippen LogP contribution >= 0.6 is 0 Å². The molecule has 0 aromatic heterocycles. The second kappa shape index (κ2) is 26.8. The largest absolute Gasteiger partial charge is 0.394 e. The molecule has 1 aliphatic rings. The van der Waals surface area contributed by atoms with E-state index in [1.165, 1.54) is 83.5 Å². The Labute approximate surface area is 267 Å². The van der Waals surface area contributed by atoms with Crippen molar-refractivity contribution >= 4 is 5.91 Å². The highest BCUT2D eigenvalue weighted by Gasteiger charge is 2.44. The van der Waals surface area contributed by atoms with Gasteiger partial charge in [-0.05, 0) is 19.3 Å². The molecule has 1 rings (SSSR count). The first-order chi connectivity index (χ1) is 21.3. The number of nitrogens with one attached hydrogen (secondary N) is 1. The van der Waals surface area contributed by atoms with Crippen molar-refractivity contribution < 1.29 is 39.8 Å². The molecule has 0 bridgehead atoms. The number of amides is 1. The number of carbonyl (C=O) groups is 1. The van der Waals surface area contributed by atoms with E-state index in [1.54, 1.807) is 12.2 Å². The van der Waals surface area contributed by atoms with Gasteiger partial charge in [0.2, 0.25) is 5.91 Å². The van der Waals surface area contributed by atoms with Crippen LogP contribution in [0.5, 0.6) is 0 Å². The van der Waals surface area contributed by atoms with Gasteiger partial charge >= 0.3 is 0 Å². The molecule has 2 unspecified atom stereocenters. The zero-order valence-corrected chi connectivity index (χ0v) is 27.7. The summed E-state index contributed by atoms with van der Waals surface area (Å²) in [5, 5.41) is 53.6. The number of hydrogen-bond acceptors (Lipinski definition) is 8.